The summed E-state index contributed by atoms with van der Waals surface area (Å²) < 4.78 is 4.55. The number of H-pyrrole nitrogens is 1. The van der Waals surface area contributed by atoms with Crippen molar-refractivity contribution < 1.29 is 0 Å². The van der Waals surface area contributed by atoms with Crippen molar-refractivity contribution in [1.82, 2.24) is 14.8 Å². The standard InChI is InChI=1S/C11H11Br2N3S/c1-2-4-9-14-15-11(17)16(9)10-7(12)5-3-6-8(10)13/h3,5-6H,2,4H2,1H3,(H,15,17). The minimum atomic E-state index is 0.612. The average molecular weight is 377 g/mol. The summed E-state index contributed by atoms with van der Waals surface area (Å²) in [7, 11) is 0. The molecule has 1 N–H and O–H groups in total. The molecule has 0 saturated heterocycles. The number of benzene rings is 1. The van der Waals surface area contributed by atoms with Gasteiger partial charge >= 0.3 is 0 Å². The van der Waals surface area contributed by atoms with Crippen LogP contribution in [0.2, 0.25) is 0 Å². The SMILES string of the molecule is CCCc1n[nH]c(=S)n1-c1c(Br)cccc1Br. The molecule has 2 aromatic rings. The Labute approximate surface area is 122 Å². The van der Waals surface area contributed by atoms with E-state index in [-0.39, 0.29) is 0 Å². The molecule has 0 aliphatic heterocycles. The number of hydrogen-bond donors (Lipinski definition) is 1. The molecular weight excluding hydrogens is 366 g/mol. The molecule has 2 rings (SSSR count). The second kappa shape index (κ2) is 5.46. The topological polar surface area (TPSA) is 33.6 Å². The van der Waals surface area contributed by atoms with Crippen LogP contribution in [0.3, 0.4) is 0 Å². The van der Waals surface area contributed by atoms with Crippen LogP contribution in [0.1, 0.15) is 19.2 Å². The van der Waals surface area contributed by atoms with Gasteiger partial charge in [-0.05, 0) is 62.6 Å². The number of aromatic amines is 1. The summed E-state index contributed by atoms with van der Waals surface area (Å²) >= 11 is 12.4. The van der Waals surface area contributed by atoms with Crippen molar-refractivity contribution in [3.8, 4) is 5.69 Å². The molecule has 0 bridgehead atoms. The largest absolute Gasteiger partial charge is 0.270 e. The molecule has 6 heteroatoms. The number of aromatic nitrogens is 3. The van der Waals surface area contributed by atoms with Crippen molar-refractivity contribution >= 4 is 44.1 Å². The van der Waals surface area contributed by atoms with Crippen LogP contribution in [-0.2, 0) is 6.42 Å². The normalized spacial score (nSPS) is 10.8. The second-order valence-corrected chi connectivity index (χ2v) is 5.70. The van der Waals surface area contributed by atoms with Crippen molar-refractivity contribution in [3.05, 3.63) is 37.7 Å². The molecule has 0 fully saturated rings. The van der Waals surface area contributed by atoms with Gasteiger partial charge in [0.05, 0.1) is 5.69 Å². The quantitative estimate of drug-likeness (QED) is 0.805. The monoisotopic (exact) mass is 375 g/mol. The van der Waals surface area contributed by atoms with Gasteiger partial charge in [0.25, 0.3) is 0 Å². The lowest BCUT2D eigenvalue weighted by Gasteiger charge is -2.10. The molecule has 0 spiro atoms. The highest BCUT2D eigenvalue weighted by atomic mass is 79.9. The molecule has 0 unspecified atom stereocenters. The van der Waals surface area contributed by atoms with Crippen LogP contribution in [0.5, 0.6) is 0 Å². The Morgan fingerprint density at radius 1 is 1.35 bits per heavy atom. The number of halogens is 2. The summed E-state index contributed by atoms with van der Waals surface area (Å²) in [5, 5.41) is 7.12. The number of rotatable bonds is 3. The van der Waals surface area contributed by atoms with E-state index in [0.29, 0.717) is 4.77 Å². The Kier molecular flexibility index (Phi) is 4.17. The Morgan fingerprint density at radius 2 is 2.00 bits per heavy atom. The van der Waals surface area contributed by atoms with Gasteiger partial charge in [0.1, 0.15) is 5.82 Å². The van der Waals surface area contributed by atoms with Gasteiger partial charge in [0, 0.05) is 15.4 Å². The molecule has 0 radical (unpaired) electrons. The number of para-hydroxylation sites is 1. The number of nitrogens with one attached hydrogen (secondary N) is 1. The van der Waals surface area contributed by atoms with Gasteiger partial charge in [-0.2, -0.15) is 5.10 Å². The Hall–Kier alpha value is -0.460. The Bertz CT molecular complexity index is 568. The maximum atomic E-state index is 5.29. The molecule has 1 heterocycles. The molecule has 1 aromatic carbocycles. The maximum absolute atomic E-state index is 5.29. The van der Waals surface area contributed by atoms with E-state index in [0.717, 1.165) is 33.3 Å². The van der Waals surface area contributed by atoms with E-state index in [1.54, 1.807) is 0 Å². The fourth-order valence-electron chi connectivity index (χ4n) is 1.65. The predicted octanol–water partition coefficient (Wildman–Crippen LogP) is 4.41. The van der Waals surface area contributed by atoms with Crippen molar-refractivity contribution in [1.29, 1.82) is 0 Å². The van der Waals surface area contributed by atoms with E-state index in [4.69, 9.17) is 12.2 Å². The summed E-state index contributed by atoms with van der Waals surface area (Å²) in [5.74, 6) is 0.949. The smallest absolute Gasteiger partial charge is 0.199 e. The van der Waals surface area contributed by atoms with Gasteiger partial charge in [0.2, 0.25) is 0 Å². The number of aryl methyl sites for hydroxylation is 1. The molecule has 0 aliphatic carbocycles. The van der Waals surface area contributed by atoms with Crippen LogP contribution in [0.25, 0.3) is 5.69 Å². The van der Waals surface area contributed by atoms with E-state index in [9.17, 15) is 0 Å². The van der Waals surface area contributed by atoms with Gasteiger partial charge in [-0.1, -0.05) is 13.0 Å². The first kappa shape index (κ1) is 13.0. The highest BCUT2D eigenvalue weighted by Gasteiger charge is 2.13. The van der Waals surface area contributed by atoms with E-state index in [1.807, 2.05) is 22.8 Å². The van der Waals surface area contributed by atoms with Crippen LogP contribution < -0.4 is 0 Å². The zero-order valence-corrected chi connectivity index (χ0v) is 13.2. The number of hydrogen-bond acceptors (Lipinski definition) is 2. The minimum absolute atomic E-state index is 0.612. The van der Waals surface area contributed by atoms with Gasteiger partial charge < -0.3 is 0 Å². The van der Waals surface area contributed by atoms with Gasteiger partial charge in [0.15, 0.2) is 4.77 Å². The molecule has 17 heavy (non-hydrogen) atoms. The summed E-state index contributed by atoms with van der Waals surface area (Å²) in [4.78, 5) is 0. The lowest BCUT2D eigenvalue weighted by atomic mass is 10.3. The zero-order valence-electron chi connectivity index (χ0n) is 9.20. The van der Waals surface area contributed by atoms with Crippen LogP contribution >= 0.6 is 44.1 Å². The number of nitrogens with zero attached hydrogens (tertiary/aromatic N) is 2. The van der Waals surface area contributed by atoms with Crippen molar-refractivity contribution in [2.45, 2.75) is 19.8 Å². The van der Waals surface area contributed by atoms with Crippen LogP contribution in [0, 0.1) is 4.77 Å². The Balaban J connectivity index is 2.68. The predicted molar refractivity (Wildman–Crippen MR) is 78.1 cm³/mol. The molecule has 0 atom stereocenters. The second-order valence-electron chi connectivity index (χ2n) is 3.60. The summed E-state index contributed by atoms with van der Waals surface area (Å²) in [5.41, 5.74) is 0.995. The first-order valence-corrected chi connectivity index (χ1v) is 7.25. The molecule has 0 amide bonds. The Morgan fingerprint density at radius 3 is 2.59 bits per heavy atom. The third-order valence-corrected chi connectivity index (χ3v) is 3.93. The molecular formula is C11H11Br2N3S. The van der Waals surface area contributed by atoms with Gasteiger partial charge in [-0.25, -0.2) is 0 Å². The zero-order chi connectivity index (χ0) is 12.4. The lowest BCUT2D eigenvalue weighted by molar-refractivity contribution is 0.799. The highest BCUT2D eigenvalue weighted by molar-refractivity contribution is 9.11. The fourth-order valence-corrected chi connectivity index (χ4v) is 3.25. The van der Waals surface area contributed by atoms with Gasteiger partial charge in [-0.15, -0.1) is 0 Å². The van der Waals surface area contributed by atoms with E-state index in [1.165, 1.54) is 0 Å². The maximum Gasteiger partial charge on any atom is 0.199 e. The van der Waals surface area contributed by atoms with Crippen molar-refractivity contribution in [2.24, 2.45) is 0 Å². The van der Waals surface area contributed by atoms with Crippen LogP contribution in [0.4, 0.5) is 0 Å². The molecule has 3 nitrogen and oxygen atoms in total. The molecule has 0 aliphatic rings. The molecule has 1 aromatic heterocycles. The first-order valence-electron chi connectivity index (χ1n) is 5.25. The summed E-state index contributed by atoms with van der Waals surface area (Å²) in [6, 6.07) is 5.95. The van der Waals surface area contributed by atoms with Crippen LogP contribution in [-0.4, -0.2) is 14.8 Å². The van der Waals surface area contributed by atoms with E-state index >= 15 is 0 Å². The fraction of sp³-hybridized carbons (Fsp3) is 0.273. The van der Waals surface area contributed by atoms with Crippen LogP contribution in [0.15, 0.2) is 27.1 Å². The van der Waals surface area contributed by atoms with Crippen molar-refractivity contribution in [2.75, 3.05) is 0 Å². The molecule has 0 saturated carbocycles. The summed E-state index contributed by atoms with van der Waals surface area (Å²) in [6.07, 6.45) is 1.92. The van der Waals surface area contributed by atoms with E-state index < -0.39 is 0 Å². The van der Waals surface area contributed by atoms with Gasteiger partial charge in [-0.3, -0.25) is 9.67 Å². The highest BCUT2D eigenvalue weighted by Crippen LogP contribution is 2.30. The van der Waals surface area contributed by atoms with E-state index in [2.05, 4.69) is 49.0 Å². The minimum Gasteiger partial charge on any atom is -0.270 e. The third-order valence-electron chi connectivity index (χ3n) is 2.38. The molecule has 90 valence electrons. The lowest BCUT2D eigenvalue weighted by Crippen LogP contribution is -2.03. The summed E-state index contributed by atoms with van der Waals surface area (Å²) in [6.45, 7) is 2.12. The van der Waals surface area contributed by atoms with Crippen molar-refractivity contribution in [3.63, 3.8) is 0 Å². The average Bonchev–Trinajstić information content (AvgIpc) is 2.62. The third kappa shape index (κ3) is 2.53. The first-order chi connectivity index (χ1) is 8.15.